The van der Waals surface area contributed by atoms with Gasteiger partial charge in [-0.1, -0.05) is 12.1 Å². The zero-order valence-corrected chi connectivity index (χ0v) is 12.5. The second-order valence-corrected chi connectivity index (χ2v) is 5.03. The molecule has 0 radical (unpaired) electrons. The van der Waals surface area contributed by atoms with Crippen molar-refractivity contribution in [3.63, 3.8) is 0 Å². The maximum Gasteiger partial charge on any atom is 0.257 e. The number of amides is 2. The van der Waals surface area contributed by atoms with Crippen LogP contribution in [-0.2, 0) is 0 Å². The lowest BCUT2D eigenvalue weighted by molar-refractivity contribution is 0.100. The molecule has 0 fully saturated rings. The largest absolute Gasteiger partial charge is 0.399 e. The molecule has 2 aromatic rings. The highest BCUT2D eigenvalue weighted by atomic mass is 16.2. The molecule has 6 heteroatoms. The number of benzene rings is 2. The summed E-state index contributed by atoms with van der Waals surface area (Å²) >= 11 is 0. The average molecular weight is 298 g/mol. The predicted molar refractivity (Wildman–Crippen MR) is 88.1 cm³/mol. The van der Waals surface area contributed by atoms with E-state index in [9.17, 15) is 9.59 Å². The van der Waals surface area contributed by atoms with E-state index in [0.29, 0.717) is 16.9 Å². The third-order valence-corrected chi connectivity index (χ3v) is 3.19. The summed E-state index contributed by atoms with van der Waals surface area (Å²) in [5.74, 6) is -0.957. The first-order valence-electron chi connectivity index (χ1n) is 6.67. The molecule has 0 saturated carbocycles. The topological polar surface area (TPSA) is 101 Å². The Kier molecular flexibility index (Phi) is 4.31. The molecule has 5 N–H and O–H groups in total. The van der Waals surface area contributed by atoms with Crippen molar-refractivity contribution in [1.82, 2.24) is 0 Å². The summed E-state index contributed by atoms with van der Waals surface area (Å²) in [5, 5.41) is 2.71. The van der Waals surface area contributed by atoms with Crippen LogP contribution in [0.4, 0.5) is 17.1 Å². The average Bonchev–Trinajstić information content (AvgIpc) is 2.47. The Balaban J connectivity index is 2.38. The van der Waals surface area contributed by atoms with Gasteiger partial charge in [-0.15, -0.1) is 0 Å². The summed E-state index contributed by atoms with van der Waals surface area (Å²) in [6, 6.07) is 11.7. The van der Waals surface area contributed by atoms with E-state index in [1.165, 1.54) is 0 Å². The Labute approximate surface area is 128 Å². The summed E-state index contributed by atoms with van der Waals surface area (Å²) in [4.78, 5) is 25.7. The number of hydrogen-bond donors (Lipinski definition) is 3. The molecule has 0 aliphatic heterocycles. The van der Waals surface area contributed by atoms with Crippen molar-refractivity contribution in [2.75, 3.05) is 30.0 Å². The number of nitrogens with zero attached hydrogens (tertiary/aromatic N) is 1. The second kappa shape index (κ2) is 6.17. The summed E-state index contributed by atoms with van der Waals surface area (Å²) in [7, 11) is 3.67. The van der Waals surface area contributed by atoms with Gasteiger partial charge in [0, 0.05) is 25.5 Å². The van der Waals surface area contributed by atoms with Gasteiger partial charge in [0.15, 0.2) is 0 Å². The van der Waals surface area contributed by atoms with E-state index in [4.69, 9.17) is 11.5 Å². The fraction of sp³-hybridized carbons (Fsp3) is 0.125. The highest BCUT2D eigenvalue weighted by Gasteiger charge is 2.16. The lowest BCUT2D eigenvalue weighted by atomic mass is 10.1. The van der Waals surface area contributed by atoms with Crippen molar-refractivity contribution in [2.24, 2.45) is 5.73 Å². The van der Waals surface area contributed by atoms with Crippen LogP contribution in [0.25, 0.3) is 0 Å². The summed E-state index contributed by atoms with van der Waals surface area (Å²) in [6.07, 6.45) is 0. The molecule has 0 aliphatic carbocycles. The van der Waals surface area contributed by atoms with Gasteiger partial charge < -0.3 is 21.7 Å². The Bertz CT molecular complexity index is 726. The summed E-state index contributed by atoms with van der Waals surface area (Å²) < 4.78 is 0. The van der Waals surface area contributed by atoms with Crippen LogP contribution < -0.4 is 21.7 Å². The maximum absolute atomic E-state index is 12.5. The molecule has 0 spiro atoms. The first kappa shape index (κ1) is 15.4. The molecule has 0 aliphatic rings. The number of primary amides is 1. The van der Waals surface area contributed by atoms with Gasteiger partial charge in [0.2, 0.25) is 0 Å². The molecule has 0 unspecified atom stereocenters. The van der Waals surface area contributed by atoms with Crippen LogP contribution >= 0.6 is 0 Å². The predicted octanol–water partition coefficient (Wildman–Crippen LogP) is 1.69. The Hall–Kier alpha value is -3.02. The molecule has 2 aromatic carbocycles. The van der Waals surface area contributed by atoms with Gasteiger partial charge in [-0.3, -0.25) is 9.59 Å². The Morgan fingerprint density at radius 1 is 1.05 bits per heavy atom. The number of para-hydroxylation sites is 1. The monoisotopic (exact) mass is 298 g/mol. The van der Waals surface area contributed by atoms with E-state index >= 15 is 0 Å². The number of rotatable bonds is 4. The molecule has 0 heterocycles. The molecule has 0 bridgehead atoms. The molecule has 114 valence electrons. The van der Waals surface area contributed by atoms with Gasteiger partial charge in [-0.05, 0) is 30.3 Å². The quantitative estimate of drug-likeness (QED) is 0.747. The normalized spacial score (nSPS) is 10.1. The van der Waals surface area contributed by atoms with Crippen molar-refractivity contribution in [1.29, 1.82) is 0 Å². The van der Waals surface area contributed by atoms with Crippen LogP contribution in [0.3, 0.4) is 0 Å². The first-order valence-corrected chi connectivity index (χ1v) is 6.67. The van der Waals surface area contributed by atoms with Crippen molar-refractivity contribution < 1.29 is 9.59 Å². The third kappa shape index (κ3) is 3.17. The minimum absolute atomic E-state index is 0.256. The number of hydrogen-bond acceptors (Lipinski definition) is 4. The number of nitrogens with one attached hydrogen (secondary N) is 1. The van der Waals surface area contributed by atoms with E-state index in [1.54, 1.807) is 42.5 Å². The highest BCUT2D eigenvalue weighted by molar-refractivity contribution is 6.11. The van der Waals surface area contributed by atoms with E-state index in [1.807, 2.05) is 19.0 Å². The van der Waals surface area contributed by atoms with Gasteiger partial charge in [0.05, 0.1) is 16.8 Å². The van der Waals surface area contributed by atoms with Crippen molar-refractivity contribution in [2.45, 2.75) is 0 Å². The van der Waals surface area contributed by atoms with Crippen LogP contribution in [-0.4, -0.2) is 25.9 Å². The van der Waals surface area contributed by atoms with Crippen LogP contribution in [0.15, 0.2) is 42.5 Å². The second-order valence-electron chi connectivity index (χ2n) is 5.03. The van der Waals surface area contributed by atoms with Crippen molar-refractivity contribution in [3.8, 4) is 0 Å². The molecule has 6 nitrogen and oxygen atoms in total. The molecule has 22 heavy (non-hydrogen) atoms. The number of anilines is 3. The number of carbonyl (C=O) groups is 2. The third-order valence-electron chi connectivity index (χ3n) is 3.19. The summed E-state index contributed by atoms with van der Waals surface area (Å²) in [6.45, 7) is 0. The first-order chi connectivity index (χ1) is 10.4. The summed E-state index contributed by atoms with van der Waals surface area (Å²) in [5.41, 5.74) is 13.3. The maximum atomic E-state index is 12.5. The SMILES string of the molecule is CN(C)c1ccc(N)cc1C(=O)Nc1ccccc1C(N)=O. The zero-order valence-electron chi connectivity index (χ0n) is 12.5. The van der Waals surface area contributed by atoms with Gasteiger partial charge in [0.25, 0.3) is 11.8 Å². The van der Waals surface area contributed by atoms with E-state index < -0.39 is 5.91 Å². The molecular formula is C16H18N4O2. The number of nitrogens with two attached hydrogens (primary N) is 2. The van der Waals surface area contributed by atoms with E-state index in [2.05, 4.69) is 5.32 Å². The van der Waals surface area contributed by atoms with E-state index in [0.717, 1.165) is 5.69 Å². The minimum atomic E-state index is -0.601. The Morgan fingerprint density at radius 2 is 1.73 bits per heavy atom. The van der Waals surface area contributed by atoms with Crippen LogP contribution in [0.1, 0.15) is 20.7 Å². The standard InChI is InChI=1S/C16H18N4O2/c1-20(2)14-8-7-10(17)9-12(14)16(22)19-13-6-4-3-5-11(13)15(18)21/h3-9H,17H2,1-2H3,(H2,18,21)(H,19,22). The van der Waals surface area contributed by atoms with Gasteiger partial charge >= 0.3 is 0 Å². The smallest absolute Gasteiger partial charge is 0.257 e. The molecule has 0 saturated heterocycles. The molecule has 2 amide bonds. The highest BCUT2D eigenvalue weighted by Crippen LogP contribution is 2.23. The van der Waals surface area contributed by atoms with Crippen molar-refractivity contribution in [3.05, 3.63) is 53.6 Å². The molecule has 2 rings (SSSR count). The number of nitrogen functional groups attached to an aromatic ring is 1. The van der Waals surface area contributed by atoms with Gasteiger partial charge in [-0.2, -0.15) is 0 Å². The van der Waals surface area contributed by atoms with Gasteiger partial charge in [-0.25, -0.2) is 0 Å². The van der Waals surface area contributed by atoms with Gasteiger partial charge in [0.1, 0.15) is 0 Å². The van der Waals surface area contributed by atoms with Crippen LogP contribution in [0.2, 0.25) is 0 Å². The Morgan fingerprint density at radius 3 is 2.36 bits per heavy atom. The fourth-order valence-electron chi connectivity index (χ4n) is 2.12. The molecule has 0 atom stereocenters. The number of carbonyl (C=O) groups excluding carboxylic acids is 2. The lowest BCUT2D eigenvalue weighted by Crippen LogP contribution is -2.21. The van der Waals surface area contributed by atoms with E-state index in [-0.39, 0.29) is 11.5 Å². The minimum Gasteiger partial charge on any atom is -0.399 e. The van der Waals surface area contributed by atoms with Crippen LogP contribution in [0, 0.1) is 0 Å². The van der Waals surface area contributed by atoms with Crippen LogP contribution in [0.5, 0.6) is 0 Å². The fourth-order valence-corrected chi connectivity index (χ4v) is 2.12. The van der Waals surface area contributed by atoms with Crippen molar-refractivity contribution >= 4 is 28.9 Å². The zero-order chi connectivity index (χ0) is 16.3. The lowest BCUT2D eigenvalue weighted by Gasteiger charge is -2.18. The molecular weight excluding hydrogens is 280 g/mol. The molecule has 0 aromatic heterocycles.